The van der Waals surface area contributed by atoms with Crippen LogP contribution < -0.4 is 10.9 Å². The maximum atomic E-state index is 12.7. The number of likely N-dealkylation sites (tertiary alicyclic amines) is 1. The molecular weight excluding hydrogens is 376 g/mol. The molecule has 0 spiro atoms. The molecule has 0 aliphatic carbocycles. The molecular formula is C20H26N4OS2. The lowest BCUT2D eigenvalue weighted by molar-refractivity contribution is 0.0664. The molecule has 7 heteroatoms. The highest BCUT2D eigenvalue weighted by atomic mass is 32.2. The lowest BCUT2D eigenvalue weighted by atomic mass is 9.79. The fraction of sp³-hybridized carbons (Fsp3) is 0.500. The van der Waals surface area contributed by atoms with E-state index < -0.39 is 0 Å². The zero-order chi connectivity index (χ0) is 18.8. The zero-order valence-electron chi connectivity index (χ0n) is 15.8. The van der Waals surface area contributed by atoms with Crippen LogP contribution in [-0.2, 0) is 0 Å². The lowest BCUT2D eigenvalue weighted by Gasteiger charge is -2.36. The Hall–Kier alpha value is -1.41. The van der Waals surface area contributed by atoms with Crippen LogP contribution in [0.3, 0.4) is 0 Å². The van der Waals surface area contributed by atoms with E-state index in [-0.39, 0.29) is 5.91 Å². The molecule has 2 unspecified atom stereocenters. The van der Waals surface area contributed by atoms with Crippen molar-refractivity contribution in [2.75, 3.05) is 25.9 Å². The van der Waals surface area contributed by atoms with E-state index in [0.717, 1.165) is 36.8 Å². The highest BCUT2D eigenvalue weighted by Gasteiger charge is 2.37. The fourth-order valence-electron chi connectivity index (χ4n) is 4.34. The summed E-state index contributed by atoms with van der Waals surface area (Å²) in [6, 6.07) is 9.12. The van der Waals surface area contributed by atoms with Gasteiger partial charge in [-0.3, -0.25) is 15.6 Å². The van der Waals surface area contributed by atoms with Crippen molar-refractivity contribution < 1.29 is 4.79 Å². The van der Waals surface area contributed by atoms with Gasteiger partial charge in [0, 0.05) is 37.0 Å². The first-order chi connectivity index (χ1) is 13.2. The van der Waals surface area contributed by atoms with Crippen molar-refractivity contribution in [1.29, 1.82) is 0 Å². The van der Waals surface area contributed by atoms with Crippen LogP contribution in [0.4, 0.5) is 0 Å². The summed E-state index contributed by atoms with van der Waals surface area (Å²) in [7, 11) is 0. The Labute approximate surface area is 168 Å². The van der Waals surface area contributed by atoms with Crippen LogP contribution in [0.1, 0.15) is 40.4 Å². The molecule has 2 saturated heterocycles. The van der Waals surface area contributed by atoms with Gasteiger partial charge in [0.1, 0.15) is 10.0 Å². The van der Waals surface area contributed by atoms with Crippen molar-refractivity contribution in [3.63, 3.8) is 0 Å². The van der Waals surface area contributed by atoms with Crippen molar-refractivity contribution in [3.05, 3.63) is 46.5 Å². The minimum Gasteiger partial charge on any atom is -0.337 e. The van der Waals surface area contributed by atoms with Gasteiger partial charge >= 0.3 is 0 Å². The van der Waals surface area contributed by atoms with Gasteiger partial charge in [0.15, 0.2) is 0 Å². The van der Waals surface area contributed by atoms with E-state index in [1.54, 1.807) is 23.1 Å². The minimum atomic E-state index is 0.0814. The number of carbonyl (C=O) groups is 1. The van der Waals surface area contributed by atoms with Gasteiger partial charge in [-0.1, -0.05) is 36.0 Å². The van der Waals surface area contributed by atoms with E-state index in [4.69, 9.17) is 0 Å². The summed E-state index contributed by atoms with van der Waals surface area (Å²) in [5.74, 6) is 1.14. The summed E-state index contributed by atoms with van der Waals surface area (Å²) in [6.07, 6.45) is 4.06. The SMILES string of the molecule is CSc1nc(C(=O)N2CCC(C3NNCC3c3ccccc3C)CC2)cs1. The maximum Gasteiger partial charge on any atom is 0.273 e. The van der Waals surface area contributed by atoms with Crippen LogP contribution in [0, 0.1) is 12.8 Å². The number of nitrogens with zero attached hydrogens (tertiary/aromatic N) is 2. The van der Waals surface area contributed by atoms with Gasteiger partial charge in [0.25, 0.3) is 5.91 Å². The van der Waals surface area contributed by atoms with Crippen LogP contribution >= 0.6 is 23.1 Å². The van der Waals surface area contributed by atoms with E-state index in [0.29, 0.717) is 23.6 Å². The number of thiazole rings is 1. The van der Waals surface area contributed by atoms with E-state index in [1.807, 2.05) is 16.5 Å². The normalized spacial score (nSPS) is 23.7. The summed E-state index contributed by atoms with van der Waals surface area (Å²) in [6.45, 7) is 4.79. The Bertz CT molecular complexity index is 801. The average Bonchev–Trinajstić information content (AvgIpc) is 3.37. The fourth-order valence-corrected chi connectivity index (χ4v) is 5.58. The molecule has 0 bridgehead atoms. The third-order valence-corrected chi connectivity index (χ3v) is 7.69. The van der Waals surface area contributed by atoms with Crippen molar-refractivity contribution in [1.82, 2.24) is 20.7 Å². The van der Waals surface area contributed by atoms with Crippen molar-refractivity contribution in [2.45, 2.75) is 36.1 Å². The molecule has 1 aromatic heterocycles. The molecule has 0 saturated carbocycles. The number of piperidine rings is 1. The molecule has 4 rings (SSSR count). The van der Waals surface area contributed by atoms with Gasteiger partial charge in [-0.2, -0.15) is 0 Å². The third kappa shape index (κ3) is 3.92. The van der Waals surface area contributed by atoms with Crippen molar-refractivity contribution >= 4 is 29.0 Å². The Kier molecular flexibility index (Phi) is 5.82. The number of nitrogens with one attached hydrogen (secondary N) is 2. The minimum absolute atomic E-state index is 0.0814. The van der Waals surface area contributed by atoms with Crippen LogP contribution in [-0.4, -0.2) is 47.7 Å². The summed E-state index contributed by atoms with van der Waals surface area (Å²) >= 11 is 3.14. The number of amides is 1. The van der Waals surface area contributed by atoms with Gasteiger partial charge in [0.05, 0.1) is 0 Å². The number of benzene rings is 1. The molecule has 144 valence electrons. The predicted octanol–water partition coefficient (Wildman–Crippen LogP) is 3.29. The van der Waals surface area contributed by atoms with Gasteiger partial charge in [-0.05, 0) is 43.1 Å². The molecule has 1 aromatic carbocycles. The van der Waals surface area contributed by atoms with Gasteiger partial charge < -0.3 is 4.90 Å². The second-order valence-electron chi connectivity index (χ2n) is 7.35. The van der Waals surface area contributed by atoms with Crippen LogP contribution in [0.5, 0.6) is 0 Å². The lowest BCUT2D eigenvalue weighted by Crippen LogP contribution is -2.46. The monoisotopic (exact) mass is 402 g/mol. The summed E-state index contributed by atoms with van der Waals surface area (Å²) in [4.78, 5) is 19.1. The zero-order valence-corrected chi connectivity index (χ0v) is 17.4. The summed E-state index contributed by atoms with van der Waals surface area (Å²) in [5, 5.41) is 1.89. The molecule has 2 aliphatic heterocycles. The third-order valence-electron chi connectivity index (χ3n) is 5.82. The highest BCUT2D eigenvalue weighted by molar-refractivity contribution is 8.00. The van der Waals surface area contributed by atoms with E-state index in [1.165, 1.54) is 11.1 Å². The number of hydrogen-bond acceptors (Lipinski definition) is 6. The number of rotatable bonds is 4. The first-order valence-corrected chi connectivity index (χ1v) is 11.6. The van der Waals surface area contributed by atoms with Crippen LogP contribution in [0.25, 0.3) is 0 Å². The number of thioether (sulfide) groups is 1. The summed E-state index contributed by atoms with van der Waals surface area (Å²) in [5.41, 5.74) is 10.3. The number of aromatic nitrogens is 1. The second kappa shape index (κ2) is 8.31. The molecule has 2 aliphatic rings. The molecule has 0 radical (unpaired) electrons. The Morgan fingerprint density at radius 2 is 2.07 bits per heavy atom. The van der Waals surface area contributed by atoms with E-state index in [9.17, 15) is 4.79 Å². The standard InChI is InChI=1S/C20H26N4OS2/c1-13-5-3-4-6-15(13)16-11-21-23-18(16)14-7-9-24(10-8-14)19(25)17-12-27-20(22-17)26-2/h3-6,12,14,16,18,21,23H,7-11H2,1-2H3. The topological polar surface area (TPSA) is 57.3 Å². The molecule has 2 fully saturated rings. The predicted molar refractivity (Wildman–Crippen MR) is 111 cm³/mol. The molecule has 3 heterocycles. The maximum absolute atomic E-state index is 12.7. The molecule has 2 N–H and O–H groups in total. The molecule has 2 aromatic rings. The number of aryl methyl sites for hydroxylation is 1. The average molecular weight is 403 g/mol. The van der Waals surface area contributed by atoms with E-state index in [2.05, 4.69) is 47.0 Å². The molecule has 27 heavy (non-hydrogen) atoms. The smallest absolute Gasteiger partial charge is 0.273 e. The van der Waals surface area contributed by atoms with Crippen molar-refractivity contribution in [2.24, 2.45) is 5.92 Å². The second-order valence-corrected chi connectivity index (χ2v) is 9.26. The van der Waals surface area contributed by atoms with E-state index >= 15 is 0 Å². The van der Waals surface area contributed by atoms with Gasteiger partial charge in [-0.15, -0.1) is 11.3 Å². The van der Waals surface area contributed by atoms with Crippen LogP contribution in [0.2, 0.25) is 0 Å². The number of hydrogen-bond donors (Lipinski definition) is 2. The first-order valence-electron chi connectivity index (χ1n) is 9.50. The van der Waals surface area contributed by atoms with Gasteiger partial charge in [0.2, 0.25) is 0 Å². The Balaban J connectivity index is 1.40. The first kappa shape index (κ1) is 18.9. The quantitative estimate of drug-likeness (QED) is 0.769. The largest absolute Gasteiger partial charge is 0.337 e. The van der Waals surface area contributed by atoms with Crippen LogP contribution in [0.15, 0.2) is 34.0 Å². The molecule has 5 nitrogen and oxygen atoms in total. The Morgan fingerprint density at radius 1 is 1.30 bits per heavy atom. The number of hydrazine groups is 1. The highest BCUT2D eigenvalue weighted by Crippen LogP contribution is 2.34. The summed E-state index contributed by atoms with van der Waals surface area (Å²) < 4.78 is 0.954. The number of carbonyl (C=O) groups excluding carboxylic acids is 1. The van der Waals surface area contributed by atoms with Gasteiger partial charge in [-0.25, -0.2) is 4.98 Å². The molecule has 2 atom stereocenters. The Morgan fingerprint density at radius 3 is 2.78 bits per heavy atom. The molecule has 1 amide bonds. The van der Waals surface area contributed by atoms with Crippen molar-refractivity contribution in [3.8, 4) is 0 Å².